The Labute approximate surface area is 155 Å². The minimum atomic E-state index is -0.887. The average molecular weight is 380 g/mol. The number of carbonyl (C=O) groups excluding carboxylic acids is 1. The predicted molar refractivity (Wildman–Crippen MR) is 96.7 cm³/mol. The lowest BCUT2D eigenvalue weighted by Crippen LogP contribution is -2.42. The second kappa shape index (κ2) is 7.59. The summed E-state index contributed by atoms with van der Waals surface area (Å²) in [5.41, 5.74) is -0.773. The Morgan fingerprint density at radius 2 is 2.08 bits per heavy atom. The van der Waals surface area contributed by atoms with Gasteiger partial charge in [0.05, 0.1) is 23.0 Å². The van der Waals surface area contributed by atoms with Crippen LogP contribution in [0.3, 0.4) is 0 Å². The first-order valence-corrected chi connectivity index (χ1v) is 9.08. The Morgan fingerprint density at radius 1 is 1.38 bits per heavy atom. The third kappa shape index (κ3) is 3.96. The highest BCUT2D eigenvalue weighted by molar-refractivity contribution is 6.32. The van der Waals surface area contributed by atoms with Crippen LogP contribution in [0.15, 0.2) is 17.1 Å². The Morgan fingerprint density at radius 3 is 2.69 bits per heavy atom. The summed E-state index contributed by atoms with van der Waals surface area (Å²) in [5, 5.41) is 19.6. The number of amides is 1. The molecule has 2 aromatic heterocycles. The predicted octanol–water partition coefficient (Wildman–Crippen LogP) is 1.73. The Hall–Kier alpha value is -2.19. The van der Waals surface area contributed by atoms with Crippen LogP contribution in [0.25, 0.3) is 5.69 Å². The topological polar surface area (TPSA) is 113 Å². The molecule has 26 heavy (non-hydrogen) atoms. The van der Waals surface area contributed by atoms with Crippen molar-refractivity contribution in [1.82, 2.24) is 25.1 Å². The molecule has 0 saturated heterocycles. The zero-order valence-corrected chi connectivity index (χ0v) is 15.3. The van der Waals surface area contributed by atoms with Crippen LogP contribution < -0.4 is 11.0 Å². The van der Waals surface area contributed by atoms with Crippen molar-refractivity contribution in [3.8, 4) is 5.69 Å². The second-order valence-corrected chi connectivity index (χ2v) is 7.12. The van der Waals surface area contributed by atoms with Crippen LogP contribution in [0.1, 0.15) is 54.7 Å². The SMILES string of the molecule is Cc1n[nH]c(=O)n1-c1cnc(Cl)c(C(=O)NCC2(O)CCCCCC2)c1. The number of halogens is 1. The zero-order valence-electron chi connectivity index (χ0n) is 14.6. The van der Waals surface area contributed by atoms with Gasteiger partial charge in [0.1, 0.15) is 11.0 Å². The maximum absolute atomic E-state index is 12.6. The second-order valence-electron chi connectivity index (χ2n) is 6.76. The zero-order chi connectivity index (χ0) is 18.7. The molecule has 1 aliphatic rings. The standard InChI is InChI=1S/C17H22ClN5O3/c1-11-21-22-16(25)23(11)12-8-13(14(18)19-9-12)15(24)20-10-17(26)6-4-2-3-5-7-17/h8-9,26H,2-7,10H2,1H3,(H,20,24)(H,22,25). The van der Waals surface area contributed by atoms with Gasteiger partial charge in [-0.25, -0.2) is 19.4 Å². The third-order valence-electron chi connectivity index (χ3n) is 4.78. The molecule has 8 nitrogen and oxygen atoms in total. The van der Waals surface area contributed by atoms with E-state index < -0.39 is 17.2 Å². The summed E-state index contributed by atoms with van der Waals surface area (Å²) < 4.78 is 1.30. The van der Waals surface area contributed by atoms with Crippen LogP contribution in [0.2, 0.25) is 5.15 Å². The van der Waals surface area contributed by atoms with Gasteiger partial charge in [-0.05, 0) is 25.8 Å². The molecule has 0 atom stereocenters. The van der Waals surface area contributed by atoms with Crippen molar-refractivity contribution in [1.29, 1.82) is 0 Å². The number of H-pyrrole nitrogens is 1. The van der Waals surface area contributed by atoms with Crippen molar-refractivity contribution < 1.29 is 9.90 Å². The molecule has 9 heteroatoms. The van der Waals surface area contributed by atoms with Gasteiger partial charge in [-0.2, -0.15) is 5.10 Å². The van der Waals surface area contributed by atoms with Crippen molar-refractivity contribution in [2.75, 3.05) is 6.54 Å². The molecule has 3 N–H and O–H groups in total. The molecule has 3 rings (SSSR count). The molecule has 0 radical (unpaired) electrons. The van der Waals surface area contributed by atoms with E-state index in [0.29, 0.717) is 24.4 Å². The summed E-state index contributed by atoms with van der Waals surface area (Å²) in [7, 11) is 0. The van der Waals surface area contributed by atoms with Gasteiger partial charge in [0.2, 0.25) is 0 Å². The highest BCUT2D eigenvalue weighted by atomic mass is 35.5. The first-order chi connectivity index (χ1) is 12.4. The monoisotopic (exact) mass is 379 g/mol. The largest absolute Gasteiger partial charge is 0.388 e. The van der Waals surface area contributed by atoms with Crippen molar-refractivity contribution in [3.05, 3.63) is 39.3 Å². The van der Waals surface area contributed by atoms with Crippen LogP contribution in [0.4, 0.5) is 0 Å². The lowest BCUT2D eigenvalue weighted by Gasteiger charge is -2.26. The molecule has 0 spiro atoms. The molecule has 0 bridgehead atoms. The molecule has 0 aromatic carbocycles. The number of carbonyl (C=O) groups is 1. The third-order valence-corrected chi connectivity index (χ3v) is 5.08. The smallest absolute Gasteiger partial charge is 0.347 e. The molecule has 2 aromatic rings. The van der Waals surface area contributed by atoms with Gasteiger partial charge in [0, 0.05) is 6.54 Å². The van der Waals surface area contributed by atoms with Crippen molar-refractivity contribution in [2.45, 2.75) is 51.0 Å². The molecule has 0 unspecified atom stereocenters. The minimum Gasteiger partial charge on any atom is -0.388 e. The van der Waals surface area contributed by atoms with E-state index in [4.69, 9.17) is 11.6 Å². The number of hydrogen-bond donors (Lipinski definition) is 3. The van der Waals surface area contributed by atoms with Crippen molar-refractivity contribution >= 4 is 17.5 Å². The van der Waals surface area contributed by atoms with E-state index in [1.165, 1.54) is 16.8 Å². The first-order valence-electron chi connectivity index (χ1n) is 8.70. The number of aromatic nitrogens is 4. The maximum Gasteiger partial charge on any atom is 0.347 e. The Balaban J connectivity index is 1.79. The fourth-order valence-corrected chi connectivity index (χ4v) is 3.49. The number of hydrogen-bond acceptors (Lipinski definition) is 5. The molecule has 1 fully saturated rings. The van der Waals surface area contributed by atoms with E-state index in [9.17, 15) is 14.7 Å². The molecule has 0 aliphatic heterocycles. The van der Waals surface area contributed by atoms with Crippen LogP contribution in [0, 0.1) is 6.92 Å². The van der Waals surface area contributed by atoms with E-state index in [0.717, 1.165) is 25.7 Å². The average Bonchev–Trinajstić information content (AvgIpc) is 2.81. The molecular formula is C17H22ClN5O3. The summed E-state index contributed by atoms with van der Waals surface area (Å²) in [6.07, 6.45) is 6.85. The number of nitrogens with one attached hydrogen (secondary N) is 2. The van der Waals surface area contributed by atoms with Crippen LogP contribution in [0.5, 0.6) is 0 Å². The molecule has 140 valence electrons. The minimum absolute atomic E-state index is 0.0355. The van der Waals surface area contributed by atoms with Gasteiger partial charge in [-0.3, -0.25) is 4.79 Å². The Kier molecular flexibility index (Phi) is 5.43. The van der Waals surface area contributed by atoms with Crippen LogP contribution in [-0.4, -0.2) is 42.9 Å². The Bertz CT molecular complexity index is 852. The van der Waals surface area contributed by atoms with Crippen molar-refractivity contribution in [2.24, 2.45) is 0 Å². The molecule has 1 amide bonds. The normalized spacial score (nSPS) is 16.9. The first kappa shape index (κ1) is 18.6. The highest BCUT2D eigenvalue weighted by Gasteiger charge is 2.29. The van der Waals surface area contributed by atoms with Gasteiger partial charge in [-0.15, -0.1) is 0 Å². The maximum atomic E-state index is 12.6. The summed E-state index contributed by atoms with van der Waals surface area (Å²) in [6, 6.07) is 1.49. The van der Waals surface area contributed by atoms with Crippen molar-refractivity contribution in [3.63, 3.8) is 0 Å². The van der Waals surface area contributed by atoms with Gasteiger partial charge in [0.25, 0.3) is 5.91 Å². The van der Waals surface area contributed by atoms with E-state index in [1.54, 1.807) is 6.92 Å². The lowest BCUT2D eigenvalue weighted by molar-refractivity contribution is 0.0246. The number of aryl methyl sites for hydroxylation is 1. The fraction of sp³-hybridized carbons (Fsp3) is 0.529. The van der Waals surface area contributed by atoms with Gasteiger partial charge < -0.3 is 10.4 Å². The highest BCUT2D eigenvalue weighted by Crippen LogP contribution is 2.26. The molecule has 2 heterocycles. The fourth-order valence-electron chi connectivity index (χ4n) is 3.30. The summed E-state index contributed by atoms with van der Waals surface area (Å²) in [6.45, 7) is 1.82. The van der Waals surface area contributed by atoms with E-state index >= 15 is 0 Å². The van der Waals surface area contributed by atoms with E-state index in [2.05, 4.69) is 20.5 Å². The number of aliphatic hydroxyl groups is 1. The number of rotatable bonds is 4. The van der Waals surface area contributed by atoms with Gasteiger partial charge in [0.15, 0.2) is 0 Å². The molecular weight excluding hydrogens is 358 g/mol. The van der Waals surface area contributed by atoms with Gasteiger partial charge in [-0.1, -0.05) is 37.3 Å². The van der Waals surface area contributed by atoms with E-state index in [1.807, 2.05) is 0 Å². The van der Waals surface area contributed by atoms with E-state index in [-0.39, 0.29) is 17.3 Å². The summed E-state index contributed by atoms with van der Waals surface area (Å²) >= 11 is 6.07. The van der Waals surface area contributed by atoms with Gasteiger partial charge >= 0.3 is 5.69 Å². The van der Waals surface area contributed by atoms with Crippen LogP contribution >= 0.6 is 11.6 Å². The quantitative estimate of drug-likeness (QED) is 0.553. The summed E-state index contributed by atoms with van der Waals surface area (Å²) in [4.78, 5) is 28.4. The number of aromatic amines is 1. The van der Waals surface area contributed by atoms with Crippen LogP contribution in [-0.2, 0) is 0 Å². The lowest BCUT2D eigenvalue weighted by atomic mass is 9.94. The number of nitrogens with zero attached hydrogens (tertiary/aromatic N) is 3. The molecule has 1 aliphatic carbocycles. The number of pyridine rings is 1. The summed E-state index contributed by atoms with van der Waals surface area (Å²) in [5.74, 6) is 0.00877. The molecule has 1 saturated carbocycles.